The first-order valence-corrected chi connectivity index (χ1v) is 4.03. The minimum atomic E-state index is -5.35. The Balaban J connectivity index is 3.44. The molecule has 0 spiro atoms. The fourth-order valence-electron chi connectivity index (χ4n) is 1.07. The molecule has 0 aliphatic heterocycles. The molecule has 0 bridgehead atoms. The summed E-state index contributed by atoms with van der Waals surface area (Å²) in [7, 11) is 0. The van der Waals surface area contributed by atoms with Gasteiger partial charge in [-0.05, 0) is 0 Å². The Bertz CT molecular complexity index is 476. The van der Waals surface area contributed by atoms with Gasteiger partial charge in [0, 0.05) is 0 Å². The maximum absolute atomic E-state index is 12.5. The van der Waals surface area contributed by atoms with Gasteiger partial charge in [0.15, 0.2) is 5.56 Å². The number of pyridine rings is 1. The highest BCUT2D eigenvalue weighted by molar-refractivity contribution is 5.55. The number of nitro groups is 1. The largest absolute Gasteiger partial charge is 0.574 e. The second-order valence-electron chi connectivity index (χ2n) is 2.82. The van der Waals surface area contributed by atoms with E-state index in [0.29, 0.717) is 0 Å². The molecule has 0 aliphatic rings. The first-order chi connectivity index (χ1) is 8.13. The molecule has 0 amide bonds. The van der Waals surface area contributed by atoms with E-state index in [1.807, 2.05) is 0 Å². The van der Waals surface area contributed by atoms with Gasteiger partial charge in [0.25, 0.3) is 6.43 Å². The van der Waals surface area contributed by atoms with Crippen molar-refractivity contribution in [2.75, 3.05) is 0 Å². The minimum Gasteiger partial charge on any atom is -0.501 e. The van der Waals surface area contributed by atoms with Gasteiger partial charge in [-0.3, -0.25) is 10.1 Å². The molecule has 1 aromatic heterocycles. The number of aromatic nitrogens is 1. The standard InChI is InChI=1S/C7H3F5N2O4/c8-5(9)3-4(14(16)17)2(15)1-13-6(3)18-7(10,11)12/h1,5,15H. The Morgan fingerprint density at radius 1 is 1.44 bits per heavy atom. The normalized spacial score (nSPS) is 11.7. The summed E-state index contributed by atoms with van der Waals surface area (Å²) in [4.78, 5) is 11.7. The number of nitrogens with zero attached hydrogens (tertiary/aromatic N) is 2. The molecule has 0 saturated carbocycles. The van der Waals surface area contributed by atoms with Gasteiger partial charge < -0.3 is 9.84 Å². The molecule has 1 rings (SSSR count). The number of alkyl halides is 5. The lowest BCUT2D eigenvalue weighted by atomic mass is 10.2. The minimum absolute atomic E-state index is 0.213. The molecule has 1 heterocycles. The van der Waals surface area contributed by atoms with Gasteiger partial charge in [-0.1, -0.05) is 0 Å². The first kappa shape index (κ1) is 13.9. The molecule has 18 heavy (non-hydrogen) atoms. The molecule has 11 heteroatoms. The topological polar surface area (TPSA) is 85.5 Å². The first-order valence-electron chi connectivity index (χ1n) is 4.03. The van der Waals surface area contributed by atoms with Crippen molar-refractivity contribution in [3.05, 3.63) is 21.9 Å². The molecule has 0 fully saturated rings. The van der Waals surface area contributed by atoms with Gasteiger partial charge in [-0.2, -0.15) is 0 Å². The van der Waals surface area contributed by atoms with Crippen molar-refractivity contribution >= 4 is 5.69 Å². The molecule has 1 N–H and O–H groups in total. The molecular weight excluding hydrogens is 271 g/mol. The summed E-state index contributed by atoms with van der Waals surface area (Å²) in [6, 6.07) is 0. The Hall–Kier alpha value is -2.20. The highest BCUT2D eigenvalue weighted by atomic mass is 19.4. The number of aromatic hydroxyl groups is 1. The van der Waals surface area contributed by atoms with Crippen molar-refractivity contribution in [2.45, 2.75) is 12.8 Å². The molecule has 0 radical (unpaired) electrons. The summed E-state index contributed by atoms with van der Waals surface area (Å²) in [5, 5.41) is 19.4. The Morgan fingerprint density at radius 2 is 2.00 bits per heavy atom. The lowest BCUT2D eigenvalue weighted by molar-refractivity contribution is -0.387. The highest BCUT2D eigenvalue weighted by Gasteiger charge is 2.38. The number of hydrogen-bond donors (Lipinski definition) is 1. The lowest BCUT2D eigenvalue weighted by Crippen LogP contribution is -2.19. The van der Waals surface area contributed by atoms with Crippen LogP contribution in [-0.2, 0) is 0 Å². The Labute approximate surface area is 94.8 Å². The number of hydrogen-bond acceptors (Lipinski definition) is 5. The van der Waals surface area contributed by atoms with Crippen molar-refractivity contribution in [2.24, 2.45) is 0 Å². The van der Waals surface area contributed by atoms with Gasteiger partial charge in [0.2, 0.25) is 11.6 Å². The van der Waals surface area contributed by atoms with E-state index in [9.17, 15) is 32.1 Å². The van der Waals surface area contributed by atoms with Gasteiger partial charge >= 0.3 is 12.0 Å². The summed E-state index contributed by atoms with van der Waals surface area (Å²) in [6.07, 6.45) is -8.81. The van der Waals surface area contributed by atoms with E-state index in [-0.39, 0.29) is 6.20 Å². The predicted molar refractivity (Wildman–Crippen MR) is 44.2 cm³/mol. The third-order valence-electron chi connectivity index (χ3n) is 1.65. The van der Waals surface area contributed by atoms with E-state index in [2.05, 4.69) is 9.72 Å². The van der Waals surface area contributed by atoms with E-state index in [4.69, 9.17) is 5.11 Å². The molecular formula is C7H3F5N2O4. The Kier molecular flexibility index (Phi) is 3.53. The second-order valence-corrected chi connectivity index (χ2v) is 2.82. The van der Waals surface area contributed by atoms with Crippen molar-refractivity contribution in [1.29, 1.82) is 0 Å². The third-order valence-corrected chi connectivity index (χ3v) is 1.65. The summed E-state index contributed by atoms with van der Waals surface area (Å²) in [5.74, 6) is -2.97. The van der Waals surface area contributed by atoms with Crippen molar-refractivity contribution in [3.63, 3.8) is 0 Å². The van der Waals surface area contributed by atoms with Crippen LogP contribution in [0.2, 0.25) is 0 Å². The van der Waals surface area contributed by atoms with Gasteiger partial charge in [-0.25, -0.2) is 13.8 Å². The van der Waals surface area contributed by atoms with E-state index < -0.39 is 40.6 Å². The SMILES string of the molecule is O=[N+]([O-])c1c(O)cnc(OC(F)(F)F)c1C(F)F. The number of halogens is 5. The smallest absolute Gasteiger partial charge is 0.501 e. The fraction of sp³-hybridized carbons (Fsp3) is 0.286. The molecule has 6 nitrogen and oxygen atoms in total. The van der Waals surface area contributed by atoms with Crippen molar-refractivity contribution in [1.82, 2.24) is 4.98 Å². The number of rotatable bonds is 3. The molecule has 0 atom stereocenters. The zero-order chi connectivity index (χ0) is 14.1. The second kappa shape index (κ2) is 4.58. The van der Waals surface area contributed by atoms with Gasteiger partial charge in [0.1, 0.15) is 0 Å². The fourth-order valence-corrected chi connectivity index (χ4v) is 1.07. The molecule has 0 aromatic carbocycles. The highest BCUT2D eigenvalue weighted by Crippen LogP contribution is 2.41. The van der Waals surface area contributed by atoms with Crippen LogP contribution in [0.15, 0.2) is 6.20 Å². The summed E-state index contributed by atoms with van der Waals surface area (Å²) >= 11 is 0. The zero-order valence-electron chi connectivity index (χ0n) is 8.11. The Morgan fingerprint density at radius 3 is 2.39 bits per heavy atom. The van der Waals surface area contributed by atoms with E-state index in [0.717, 1.165) is 0 Å². The zero-order valence-corrected chi connectivity index (χ0v) is 8.11. The van der Waals surface area contributed by atoms with Gasteiger partial charge in [0.05, 0.1) is 11.1 Å². The van der Waals surface area contributed by atoms with E-state index in [1.165, 1.54) is 0 Å². The summed E-state index contributed by atoms with van der Waals surface area (Å²) in [5.41, 5.74) is -3.32. The van der Waals surface area contributed by atoms with Crippen LogP contribution in [0.4, 0.5) is 27.6 Å². The van der Waals surface area contributed by atoms with Crippen LogP contribution >= 0.6 is 0 Å². The van der Waals surface area contributed by atoms with Gasteiger partial charge in [-0.15, -0.1) is 13.2 Å². The van der Waals surface area contributed by atoms with E-state index in [1.54, 1.807) is 0 Å². The molecule has 0 saturated heterocycles. The monoisotopic (exact) mass is 274 g/mol. The number of ether oxygens (including phenoxy) is 1. The summed E-state index contributed by atoms with van der Waals surface area (Å²) in [6.45, 7) is 0. The molecule has 0 unspecified atom stereocenters. The third kappa shape index (κ3) is 2.93. The van der Waals surface area contributed by atoms with Crippen molar-refractivity contribution in [3.8, 4) is 11.6 Å². The van der Waals surface area contributed by atoms with Crippen LogP contribution in [-0.4, -0.2) is 21.4 Å². The van der Waals surface area contributed by atoms with E-state index >= 15 is 0 Å². The van der Waals surface area contributed by atoms with Crippen LogP contribution in [0, 0.1) is 10.1 Å². The summed E-state index contributed by atoms with van der Waals surface area (Å²) < 4.78 is 63.8. The molecule has 100 valence electrons. The molecule has 0 aliphatic carbocycles. The van der Waals surface area contributed by atoms with Crippen LogP contribution in [0.1, 0.15) is 12.0 Å². The maximum atomic E-state index is 12.5. The predicted octanol–water partition coefficient (Wildman–Crippen LogP) is 2.53. The van der Waals surface area contributed by atoms with Crippen molar-refractivity contribution < 1.29 is 36.7 Å². The average Bonchev–Trinajstić information content (AvgIpc) is 2.17. The van der Waals surface area contributed by atoms with Crippen LogP contribution in [0.25, 0.3) is 0 Å². The van der Waals surface area contributed by atoms with Crippen LogP contribution in [0.5, 0.6) is 11.6 Å². The maximum Gasteiger partial charge on any atom is 0.574 e. The molecule has 1 aromatic rings. The van der Waals surface area contributed by atoms with Crippen LogP contribution in [0.3, 0.4) is 0 Å². The average molecular weight is 274 g/mol. The lowest BCUT2D eigenvalue weighted by Gasteiger charge is -2.12. The van der Waals surface area contributed by atoms with Crippen LogP contribution < -0.4 is 4.74 Å². The quantitative estimate of drug-likeness (QED) is 0.520.